The van der Waals surface area contributed by atoms with E-state index in [0.29, 0.717) is 32.3 Å². The van der Waals surface area contributed by atoms with Gasteiger partial charge < -0.3 is 28.4 Å². The summed E-state index contributed by atoms with van der Waals surface area (Å²) < 4.78 is 24.8. The lowest BCUT2D eigenvalue weighted by Crippen LogP contribution is -2.41. The van der Waals surface area contributed by atoms with Gasteiger partial charge in [0.1, 0.15) is 13.2 Å². The van der Waals surface area contributed by atoms with Gasteiger partial charge in [-0.15, -0.1) is 0 Å². The van der Waals surface area contributed by atoms with E-state index in [1.54, 1.807) is 0 Å². The van der Waals surface area contributed by atoms with E-state index in [1.807, 2.05) is 43.0 Å². The van der Waals surface area contributed by atoms with Crippen LogP contribution in [0, 0.1) is 19.8 Å². The number of nitrogens with zero attached hydrogens (tertiary/aromatic N) is 2. The van der Waals surface area contributed by atoms with E-state index in [-0.39, 0.29) is 12.2 Å². The number of amides is 1. The van der Waals surface area contributed by atoms with Crippen LogP contribution in [-0.4, -0.2) is 61.2 Å². The number of aryl methyl sites for hydroxylation is 1. The zero-order valence-corrected chi connectivity index (χ0v) is 17.6. The van der Waals surface area contributed by atoms with Gasteiger partial charge in [0.2, 0.25) is 0 Å². The predicted octanol–water partition coefficient (Wildman–Crippen LogP) is 3.09. The van der Waals surface area contributed by atoms with E-state index in [0.717, 1.165) is 60.1 Å². The van der Waals surface area contributed by atoms with Crippen LogP contribution in [0.1, 0.15) is 34.6 Å². The minimum atomic E-state index is -0.0949. The lowest BCUT2D eigenvalue weighted by atomic mass is 9.95. The first kappa shape index (κ1) is 19.5. The van der Waals surface area contributed by atoms with Gasteiger partial charge in [-0.1, -0.05) is 0 Å². The second-order valence-corrected chi connectivity index (χ2v) is 8.19. The Bertz CT molecular complexity index is 939. The van der Waals surface area contributed by atoms with E-state index >= 15 is 0 Å². The maximum absolute atomic E-state index is 13.3. The van der Waals surface area contributed by atoms with Crippen molar-refractivity contribution in [3.05, 3.63) is 41.2 Å². The van der Waals surface area contributed by atoms with E-state index in [9.17, 15) is 4.79 Å². The van der Waals surface area contributed by atoms with Crippen molar-refractivity contribution >= 4 is 5.91 Å². The minimum absolute atomic E-state index is 0.0949. The molecule has 0 N–H and O–H groups in total. The topological polar surface area (TPSA) is 62.2 Å². The molecule has 3 aliphatic rings. The third kappa shape index (κ3) is 3.46. The molecule has 2 fully saturated rings. The lowest BCUT2D eigenvalue weighted by molar-refractivity contribution is -0.0956. The zero-order chi connectivity index (χ0) is 20.7. The molecule has 0 aliphatic carbocycles. The van der Waals surface area contributed by atoms with Gasteiger partial charge in [-0.2, -0.15) is 0 Å². The fraction of sp³-hybridized carbons (Fsp3) is 0.522. The van der Waals surface area contributed by atoms with Gasteiger partial charge in [0.25, 0.3) is 5.91 Å². The van der Waals surface area contributed by atoms with Crippen molar-refractivity contribution < 1.29 is 23.7 Å². The van der Waals surface area contributed by atoms with Crippen molar-refractivity contribution in [1.29, 1.82) is 0 Å². The Balaban J connectivity index is 1.34. The molecule has 0 radical (unpaired) electrons. The normalized spacial score (nSPS) is 20.0. The summed E-state index contributed by atoms with van der Waals surface area (Å²) in [6.07, 6.45) is 1.73. The molecule has 0 atom stereocenters. The Kier molecular flexibility index (Phi) is 5.16. The SMILES string of the molecule is Cc1cc(C(=O)N2CCC(C3OCCO3)CC2)c(C)n1-c1ccc2c(c1)OCCO2. The molecule has 5 rings (SSSR count). The second kappa shape index (κ2) is 7.96. The number of carbonyl (C=O) groups is 1. The van der Waals surface area contributed by atoms with Crippen LogP contribution in [-0.2, 0) is 9.47 Å². The Morgan fingerprint density at radius 1 is 0.933 bits per heavy atom. The van der Waals surface area contributed by atoms with Gasteiger partial charge in [-0.05, 0) is 44.9 Å². The van der Waals surface area contributed by atoms with Crippen LogP contribution in [0.2, 0.25) is 0 Å². The summed E-state index contributed by atoms with van der Waals surface area (Å²) in [6.45, 7) is 7.98. The lowest BCUT2D eigenvalue weighted by Gasteiger charge is -2.33. The summed E-state index contributed by atoms with van der Waals surface area (Å²) in [5.74, 6) is 1.99. The molecule has 7 nitrogen and oxygen atoms in total. The average Bonchev–Trinajstić information content (AvgIpc) is 3.41. The number of carbonyl (C=O) groups excluding carboxylic acids is 1. The Labute approximate surface area is 176 Å². The molecule has 0 spiro atoms. The van der Waals surface area contributed by atoms with Crippen molar-refractivity contribution in [2.45, 2.75) is 33.0 Å². The molecule has 3 aliphatic heterocycles. The molecule has 2 saturated heterocycles. The monoisotopic (exact) mass is 412 g/mol. The fourth-order valence-corrected chi connectivity index (χ4v) is 4.74. The smallest absolute Gasteiger partial charge is 0.255 e. The quantitative estimate of drug-likeness (QED) is 0.775. The van der Waals surface area contributed by atoms with Crippen LogP contribution in [0.15, 0.2) is 24.3 Å². The summed E-state index contributed by atoms with van der Waals surface area (Å²) in [5.41, 5.74) is 3.70. The van der Waals surface area contributed by atoms with E-state index in [2.05, 4.69) is 4.57 Å². The van der Waals surface area contributed by atoms with E-state index in [1.165, 1.54) is 0 Å². The summed E-state index contributed by atoms with van der Waals surface area (Å²) in [5, 5.41) is 0. The summed E-state index contributed by atoms with van der Waals surface area (Å²) in [7, 11) is 0. The molecule has 2 aromatic rings. The highest BCUT2D eigenvalue weighted by Crippen LogP contribution is 2.34. The zero-order valence-electron chi connectivity index (χ0n) is 17.6. The number of benzene rings is 1. The fourth-order valence-electron chi connectivity index (χ4n) is 4.74. The third-order valence-electron chi connectivity index (χ3n) is 6.30. The van der Waals surface area contributed by atoms with Crippen molar-refractivity contribution in [3.8, 4) is 17.2 Å². The molecule has 1 amide bonds. The highest BCUT2D eigenvalue weighted by molar-refractivity contribution is 5.96. The molecular weight excluding hydrogens is 384 g/mol. The standard InChI is InChI=1S/C23H28N2O5/c1-15-13-19(22(26)24-7-5-17(6-8-24)23-29-11-12-30-23)16(2)25(15)18-3-4-20-21(14-18)28-10-9-27-20/h3-4,13-14,17,23H,5-12H2,1-2H3. The van der Waals surface area contributed by atoms with Crippen molar-refractivity contribution in [3.63, 3.8) is 0 Å². The molecule has 0 saturated carbocycles. The van der Waals surface area contributed by atoms with Gasteiger partial charge >= 0.3 is 0 Å². The van der Waals surface area contributed by atoms with Crippen LogP contribution in [0.4, 0.5) is 0 Å². The van der Waals surface area contributed by atoms with Crippen LogP contribution in [0.3, 0.4) is 0 Å². The summed E-state index contributed by atoms with van der Waals surface area (Å²) >= 11 is 0. The molecule has 1 aromatic carbocycles. The maximum Gasteiger partial charge on any atom is 0.255 e. The molecule has 0 unspecified atom stereocenters. The number of hydrogen-bond donors (Lipinski definition) is 0. The highest BCUT2D eigenvalue weighted by Gasteiger charge is 2.33. The first-order chi connectivity index (χ1) is 14.6. The Morgan fingerprint density at radius 2 is 1.63 bits per heavy atom. The predicted molar refractivity (Wildman–Crippen MR) is 111 cm³/mol. The number of hydrogen-bond acceptors (Lipinski definition) is 5. The molecule has 1 aromatic heterocycles. The molecule has 30 heavy (non-hydrogen) atoms. The van der Waals surface area contributed by atoms with E-state index in [4.69, 9.17) is 18.9 Å². The van der Waals surface area contributed by atoms with Crippen LogP contribution >= 0.6 is 0 Å². The summed E-state index contributed by atoms with van der Waals surface area (Å²) in [4.78, 5) is 15.2. The second-order valence-electron chi connectivity index (χ2n) is 8.19. The average molecular weight is 412 g/mol. The number of ether oxygens (including phenoxy) is 4. The molecule has 7 heteroatoms. The van der Waals surface area contributed by atoms with Crippen LogP contribution < -0.4 is 9.47 Å². The first-order valence-corrected chi connectivity index (χ1v) is 10.7. The van der Waals surface area contributed by atoms with Gasteiger partial charge in [0, 0.05) is 42.1 Å². The number of rotatable bonds is 3. The number of likely N-dealkylation sites (tertiary alicyclic amines) is 1. The number of piperidine rings is 1. The molecular formula is C23H28N2O5. The minimum Gasteiger partial charge on any atom is -0.486 e. The highest BCUT2D eigenvalue weighted by atomic mass is 16.7. The maximum atomic E-state index is 13.3. The summed E-state index contributed by atoms with van der Waals surface area (Å²) in [6, 6.07) is 7.91. The first-order valence-electron chi connectivity index (χ1n) is 10.7. The van der Waals surface area contributed by atoms with Gasteiger partial charge in [-0.25, -0.2) is 0 Å². The van der Waals surface area contributed by atoms with Crippen molar-refractivity contribution in [2.24, 2.45) is 5.92 Å². The van der Waals surface area contributed by atoms with Crippen molar-refractivity contribution in [2.75, 3.05) is 39.5 Å². The molecule has 160 valence electrons. The molecule has 4 heterocycles. The van der Waals surface area contributed by atoms with Crippen LogP contribution in [0.5, 0.6) is 11.5 Å². The van der Waals surface area contributed by atoms with Gasteiger partial charge in [0.15, 0.2) is 17.8 Å². The Hall–Kier alpha value is -2.51. The third-order valence-corrected chi connectivity index (χ3v) is 6.30. The van der Waals surface area contributed by atoms with Gasteiger partial charge in [-0.3, -0.25) is 4.79 Å². The van der Waals surface area contributed by atoms with Crippen molar-refractivity contribution in [1.82, 2.24) is 9.47 Å². The molecule has 0 bridgehead atoms. The number of fused-ring (bicyclic) bond motifs is 1. The van der Waals surface area contributed by atoms with E-state index < -0.39 is 0 Å². The number of aromatic nitrogens is 1. The Morgan fingerprint density at radius 3 is 2.37 bits per heavy atom. The van der Waals surface area contributed by atoms with Crippen LogP contribution in [0.25, 0.3) is 5.69 Å². The largest absolute Gasteiger partial charge is 0.486 e. The van der Waals surface area contributed by atoms with Gasteiger partial charge in [0.05, 0.1) is 18.8 Å².